The van der Waals surface area contributed by atoms with Crippen LogP contribution in [0, 0.1) is 5.82 Å². The number of pyridine rings is 1. The summed E-state index contributed by atoms with van der Waals surface area (Å²) in [6.07, 6.45) is 2.81. The first kappa shape index (κ1) is 13.6. The molecule has 1 unspecified atom stereocenters. The van der Waals surface area contributed by atoms with E-state index in [0.717, 1.165) is 11.3 Å². The zero-order valence-electron chi connectivity index (χ0n) is 10.7. The van der Waals surface area contributed by atoms with Gasteiger partial charge in [-0.2, -0.15) is 0 Å². The van der Waals surface area contributed by atoms with E-state index >= 15 is 0 Å². The highest BCUT2D eigenvalue weighted by Crippen LogP contribution is 2.29. The molecule has 0 saturated carbocycles. The average Bonchev–Trinajstić information content (AvgIpc) is 2.41. The predicted molar refractivity (Wildman–Crippen MR) is 74.2 cm³/mol. The lowest BCUT2D eigenvalue weighted by atomic mass is 10.1. The van der Waals surface area contributed by atoms with Crippen LogP contribution in [-0.2, 0) is 0 Å². The van der Waals surface area contributed by atoms with E-state index in [1.807, 2.05) is 13.0 Å². The molecule has 0 aliphatic heterocycles. The van der Waals surface area contributed by atoms with Gasteiger partial charge in [0.05, 0.1) is 24.4 Å². The lowest BCUT2D eigenvalue weighted by Crippen LogP contribution is -2.07. The number of anilines is 1. The van der Waals surface area contributed by atoms with E-state index < -0.39 is 0 Å². The van der Waals surface area contributed by atoms with Gasteiger partial charge in [-0.25, -0.2) is 4.39 Å². The normalized spacial score (nSPS) is 12.0. The van der Waals surface area contributed by atoms with Crippen LogP contribution in [0.3, 0.4) is 0 Å². The fourth-order valence-electron chi connectivity index (χ4n) is 1.75. The summed E-state index contributed by atoms with van der Waals surface area (Å²) in [4.78, 5) is 3.83. The second-order valence-corrected chi connectivity index (χ2v) is 4.56. The van der Waals surface area contributed by atoms with Crippen molar-refractivity contribution in [2.45, 2.75) is 13.0 Å². The van der Waals surface area contributed by atoms with Crippen molar-refractivity contribution in [1.82, 2.24) is 4.98 Å². The van der Waals surface area contributed by atoms with Gasteiger partial charge in [0, 0.05) is 18.0 Å². The first-order chi connectivity index (χ1) is 9.10. The summed E-state index contributed by atoms with van der Waals surface area (Å²) < 4.78 is 18.3. The molecule has 0 aliphatic rings. The van der Waals surface area contributed by atoms with Crippen LogP contribution in [0.2, 0.25) is 5.02 Å². The summed E-state index contributed by atoms with van der Waals surface area (Å²) in [6, 6.07) is 6.77. The third-order valence-electron chi connectivity index (χ3n) is 2.76. The highest BCUT2D eigenvalue weighted by atomic mass is 35.5. The summed E-state index contributed by atoms with van der Waals surface area (Å²) in [6.45, 7) is 1.93. The molecule has 2 rings (SSSR count). The quantitative estimate of drug-likeness (QED) is 0.917. The Morgan fingerprint density at radius 2 is 2.11 bits per heavy atom. The Morgan fingerprint density at radius 1 is 1.32 bits per heavy atom. The molecule has 19 heavy (non-hydrogen) atoms. The van der Waals surface area contributed by atoms with Gasteiger partial charge in [0.25, 0.3) is 0 Å². The highest BCUT2D eigenvalue weighted by Gasteiger charge is 2.08. The number of rotatable bonds is 4. The molecule has 1 atom stereocenters. The van der Waals surface area contributed by atoms with E-state index in [9.17, 15) is 4.39 Å². The number of hydrogen-bond acceptors (Lipinski definition) is 3. The molecule has 0 bridgehead atoms. The van der Waals surface area contributed by atoms with Gasteiger partial charge in [0.2, 0.25) is 0 Å². The number of benzene rings is 1. The maximum Gasteiger partial charge on any atom is 0.141 e. The van der Waals surface area contributed by atoms with Crippen LogP contribution in [0.5, 0.6) is 5.75 Å². The van der Waals surface area contributed by atoms with Crippen LogP contribution >= 0.6 is 11.6 Å². The monoisotopic (exact) mass is 280 g/mol. The molecule has 1 N–H and O–H groups in total. The third-order valence-corrected chi connectivity index (χ3v) is 3.07. The van der Waals surface area contributed by atoms with Crippen molar-refractivity contribution in [1.29, 1.82) is 0 Å². The number of hydrogen-bond donors (Lipinski definition) is 1. The standard InChI is InChI=1S/C14H14ClFN2O/c1-9(10-5-11(16)8-17-7-10)18-12-3-4-13(15)14(6-12)19-2/h3-9,18H,1-2H3. The smallest absolute Gasteiger partial charge is 0.141 e. The summed E-state index contributed by atoms with van der Waals surface area (Å²) >= 11 is 5.96. The van der Waals surface area contributed by atoms with Crippen LogP contribution < -0.4 is 10.1 Å². The van der Waals surface area contributed by atoms with E-state index in [1.165, 1.54) is 12.3 Å². The maximum absolute atomic E-state index is 13.1. The molecular weight excluding hydrogens is 267 g/mol. The molecule has 0 amide bonds. The fraction of sp³-hybridized carbons (Fsp3) is 0.214. The fourth-order valence-corrected chi connectivity index (χ4v) is 1.94. The van der Waals surface area contributed by atoms with Crippen LogP contribution in [0.4, 0.5) is 10.1 Å². The SMILES string of the molecule is COc1cc(NC(C)c2cncc(F)c2)ccc1Cl. The molecule has 5 heteroatoms. The Hall–Kier alpha value is -1.81. The zero-order chi connectivity index (χ0) is 13.8. The van der Waals surface area contributed by atoms with E-state index in [-0.39, 0.29) is 11.9 Å². The van der Waals surface area contributed by atoms with Crippen molar-refractivity contribution in [3.05, 3.63) is 53.1 Å². The van der Waals surface area contributed by atoms with Gasteiger partial charge in [-0.1, -0.05) is 11.6 Å². The van der Waals surface area contributed by atoms with Gasteiger partial charge >= 0.3 is 0 Å². The second kappa shape index (κ2) is 5.89. The van der Waals surface area contributed by atoms with Crippen molar-refractivity contribution in [2.75, 3.05) is 12.4 Å². The average molecular weight is 281 g/mol. The Labute approximate surface area is 116 Å². The van der Waals surface area contributed by atoms with Crippen LogP contribution in [0.25, 0.3) is 0 Å². The molecular formula is C14H14ClFN2O. The van der Waals surface area contributed by atoms with Crippen LogP contribution in [0.1, 0.15) is 18.5 Å². The van der Waals surface area contributed by atoms with E-state index in [0.29, 0.717) is 10.8 Å². The maximum atomic E-state index is 13.1. The first-order valence-corrected chi connectivity index (χ1v) is 6.18. The Balaban J connectivity index is 2.17. The third kappa shape index (κ3) is 3.35. The molecule has 1 aromatic heterocycles. The van der Waals surface area contributed by atoms with Crippen molar-refractivity contribution in [3.63, 3.8) is 0 Å². The van der Waals surface area contributed by atoms with Gasteiger partial charge in [0.1, 0.15) is 11.6 Å². The minimum Gasteiger partial charge on any atom is -0.495 e. The van der Waals surface area contributed by atoms with Crippen molar-refractivity contribution in [3.8, 4) is 5.75 Å². The minimum absolute atomic E-state index is 0.0749. The van der Waals surface area contributed by atoms with E-state index in [4.69, 9.17) is 16.3 Å². The Bertz CT molecular complexity index is 577. The van der Waals surface area contributed by atoms with Crippen LogP contribution in [-0.4, -0.2) is 12.1 Å². The Kier molecular flexibility index (Phi) is 4.22. The minimum atomic E-state index is -0.347. The topological polar surface area (TPSA) is 34.1 Å². The molecule has 1 heterocycles. The summed E-state index contributed by atoms with van der Waals surface area (Å²) in [5.41, 5.74) is 1.62. The van der Waals surface area contributed by atoms with Crippen molar-refractivity contribution in [2.24, 2.45) is 0 Å². The summed E-state index contributed by atoms with van der Waals surface area (Å²) in [5.74, 6) is 0.246. The Morgan fingerprint density at radius 3 is 2.79 bits per heavy atom. The summed E-state index contributed by atoms with van der Waals surface area (Å²) in [7, 11) is 1.56. The molecule has 0 aliphatic carbocycles. The summed E-state index contributed by atoms with van der Waals surface area (Å²) in [5, 5.41) is 3.79. The van der Waals surface area contributed by atoms with Crippen molar-refractivity contribution >= 4 is 17.3 Å². The van der Waals surface area contributed by atoms with Crippen LogP contribution in [0.15, 0.2) is 36.7 Å². The molecule has 1 aromatic carbocycles. The lowest BCUT2D eigenvalue weighted by molar-refractivity contribution is 0.415. The zero-order valence-corrected chi connectivity index (χ0v) is 11.4. The highest BCUT2D eigenvalue weighted by molar-refractivity contribution is 6.32. The molecule has 2 aromatic rings. The molecule has 0 fully saturated rings. The lowest BCUT2D eigenvalue weighted by Gasteiger charge is -2.16. The first-order valence-electron chi connectivity index (χ1n) is 5.80. The molecule has 0 spiro atoms. The van der Waals surface area contributed by atoms with Gasteiger partial charge in [0.15, 0.2) is 0 Å². The number of methoxy groups -OCH3 is 1. The molecule has 0 saturated heterocycles. The van der Waals surface area contributed by atoms with Gasteiger partial charge in [-0.05, 0) is 30.7 Å². The number of aromatic nitrogens is 1. The predicted octanol–water partition coefficient (Wildman–Crippen LogP) is 4.06. The number of ether oxygens (including phenoxy) is 1. The van der Waals surface area contributed by atoms with E-state index in [2.05, 4.69) is 10.3 Å². The van der Waals surface area contributed by atoms with Gasteiger partial charge < -0.3 is 10.1 Å². The van der Waals surface area contributed by atoms with Gasteiger partial charge in [-0.3, -0.25) is 4.98 Å². The molecule has 3 nitrogen and oxygen atoms in total. The van der Waals surface area contributed by atoms with Gasteiger partial charge in [-0.15, -0.1) is 0 Å². The molecule has 0 radical (unpaired) electrons. The molecule has 100 valence electrons. The van der Waals surface area contributed by atoms with Crippen molar-refractivity contribution < 1.29 is 9.13 Å². The number of halogens is 2. The number of nitrogens with zero attached hydrogens (tertiary/aromatic N) is 1. The number of nitrogens with one attached hydrogen (secondary N) is 1. The largest absolute Gasteiger partial charge is 0.495 e. The second-order valence-electron chi connectivity index (χ2n) is 4.15. The van der Waals surface area contributed by atoms with E-state index in [1.54, 1.807) is 25.4 Å².